The summed E-state index contributed by atoms with van der Waals surface area (Å²) >= 11 is 0. The molecule has 0 saturated heterocycles. The summed E-state index contributed by atoms with van der Waals surface area (Å²) in [6.07, 6.45) is -5.90. The molecular weight excluding hydrogens is 497 g/mol. The highest BCUT2D eigenvalue weighted by Gasteiger charge is 2.62. The van der Waals surface area contributed by atoms with Gasteiger partial charge in [0, 0.05) is 0 Å². The van der Waals surface area contributed by atoms with Gasteiger partial charge in [0.25, 0.3) is 0 Å². The van der Waals surface area contributed by atoms with Gasteiger partial charge in [0.2, 0.25) is 5.60 Å². The molecule has 5 nitrogen and oxygen atoms in total. The fraction of sp³-hybridized carbons (Fsp3) is 0.476. The van der Waals surface area contributed by atoms with Crippen LogP contribution in [0.5, 0.6) is 0 Å². The number of allylic oxidation sites excluding steroid dienone is 1. The lowest BCUT2D eigenvalue weighted by atomic mass is 9.77. The third-order valence-corrected chi connectivity index (χ3v) is 6.06. The van der Waals surface area contributed by atoms with Crippen LogP contribution in [0.1, 0.15) is 32.3 Å². The van der Waals surface area contributed by atoms with Crippen LogP contribution >= 0.6 is 0 Å². The van der Waals surface area contributed by atoms with Crippen molar-refractivity contribution < 1.29 is 52.9 Å². The maximum atomic E-state index is 14.2. The van der Waals surface area contributed by atoms with E-state index in [0.717, 1.165) is 25.3 Å². The van der Waals surface area contributed by atoms with Crippen molar-refractivity contribution in [3.8, 4) is 0 Å². The molecule has 2 unspecified atom stereocenters. The molecule has 1 aliphatic rings. The molecule has 0 amide bonds. The first-order valence-electron chi connectivity index (χ1n) is 9.78. The molecule has 2 rings (SSSR count). The zero-order chi connectivity index (χ0) is 26.1. The first kappa shape index (κ1) is 27.8. The highest BCUT2D eigenvalue weighted by atomic mass is 32.2. The molecule has 0 aromatic heterocycles. The predicted octanol–water partition coefficient (Wildman–Crippen LogP) is 5.54. The number of esters is 1. The smallest absolute Gasteiger partial charge is 0.469 e. The summed E-state index contributed by atoms with van der Waals surface area (Å²) in [5.41, 5.74) is -11.2. The van der Waals surface area contributed by atoms with Gasteiger partial charge in [0.15, 0.2) is 0 Å². The van der Waals surface area contributed by atoms with Crippen LogP contribution in [0.3, 0.4) is 0 Å². The van der Waals surface area contributed by atoms with Gasteiger partial charge in [-0.05, 0) is 54.2 Å². The highest BCUT2D eigenvalue weighted by Crippen LogP contribution is 2.48. The summed E-state index contributed by atoms with van der Waals surface area (Å²) in [5, 5.41) is 0. The summed E-state index contributed by atoms with van der Waals surface area (Å²) in [4.78, 5) is 12.4. The lowest BCUT2D eigenvalue weighted by molar-refractivity contribution is -0.213. The summed E-state index contributed by atoms with van der Waals surface area (Å²) in [5.74, 6) is -3.47. The summed E-state index contributed by atoms with van der Waals surface area (Å²) < 4.78 is 127. The average Bonchev–Trinajstić information content (AvgIpc) is 2.69. The highest BCUT2D eigenvalue weighted by molar-refractivity contribution is 7.87. The fourth-order valence-electron chi connectivity index (χ4n) is 3.50. The van der Waals surface area contributed by atoms with Gasteiger partial charge in [-0.25, -0.2) is 8.57 Å². The minimum Gasteiger partial charge on any atom is -0.469 e. The number of alkyl halides is 6. The minimum absolute atomic E-state index is 0.0606. The van der Waals surface area contributed by atoms with E-state index in [1.807, 2.05) is 0 Å². The van der Waals surface area contributed by atoms with Gasteiger partial charge >= 0.3 is 27.8 Å². The molecule has 0 radical (unpaired) electrons. The maximum absolute atomic E-state index is 14.2. The van der Waals surface area contributed by atoms with Crippen LogP contribution in [-0.2, 0) is 23.8 Å². The van der Waals surface area contributed by atoms with Crippen molar-refractivity contribution in [2.24, 2.45) is 11.8 Å². The first-order valence-corrected chi connectivity index (χ1v) is 11.2. The van der Waals surface area contributed by atoms with E-state index in [-0.39, 0.29) is 41.2 Å². The van der Waals surface area contributed by atoms with Gasteiger partial charge < -0.3 is 4.74 Å². The van der Waals surface area contributed by atoms with Crippen molar-refractivity contribution in [2.45, 2.75) is 44.0 Å². The molecule has 0 aliphatic heterocycles. The molecule has 0 spiro atoms. The number of hydrogen-bond donors (Lipinski definition) is 0. The number of ether oxygens (including phenoxy) is 1. The van der Waals surface area contributed by atoms with Gasteiger partial charge in [-0.1, -0.05) is 31.6 Å². The number of methoxy groups -OCH3 is 1. The Kier molecular flexibility index (Phi) is 7.93. The number of halogens is 7. The zero-order valence-corrected chi connectivity index (χ0v) is 18.9. The Balaban J connectivity index is 2.84. The van der Waals surface area contributed by atoms with E-state index >= 15 is 0 Å². The van der Waals surface area contributed by atoms with E-state index in [1.165, 1.54) is 6.07 Å². The number of hydrogen-bond acceptors (Lipinski definition) is 5. The Bertz CT molecular complexity index is 1090. The fourth-order valence-corrected chi connectivity index (χ4v) is 4.14. The lowest BCUT2D eigenvalue weighted by Crippen LogP contribution is -2.49. The number of rotatable bonds is 7. The molecule has 1 aromatic carbocycles. The van der Waals surface area contributed by atoms with Crippen LogP contribution in [0.15, 0.2) is 42.0 Å². The van der Waals surface area contributed by atoms with Gasteiger partial charge in [0.1, 0.15) is 5.82 Å². The Morgan fingerprint density at radius 1 is 1.12 bits per heavy atom. The van der Waals surface area contributed by atoms with Crippen LogP contribution < -0.4 is 0 Å². The third kappa shape index (κ3) is 5.98. The Morgan fingerprint density at radius 3 is 2.21 bits per heavy atom. The van der Waals surface area contributed by atoms with Crippen molar-refractivity contribution in [1.29, 1.82) is 0 Å². The monoisotopic (exact) mass is 518 g/mol. The SMILES string of the molecule is COC(=O)C(CC(C)C)C1=CC(OS(=O)(=O)C(F)(F)F)(C(F)(F)F)C=C(c2cccc(F)c2)C1. The molecule has 0 heterocycles. The number of benzene rings is 1. The summed E-state index contributed by atoms with van der Waals surface area (Å²) in [7, 11) is -5.77. The molecule has 0 saturated carbocycles. The molecule has 2 atom stereocenters. The van der Waals surface area contributed by atoms with Crippen LogP contribution in [0.25, 0.3) is 5.57 Å². The normalized spacial score (nSPS) is 20.6. The van der Waals surface area contributed by atoms with Gasteiger partial charge in [-0.3, -0.25) is 4.79 Å². The van der Waals surface area contributed by atoms with Crippen molar-refractivity contribution in [1.82, 2.24) is 0 Å². The number of carbonyl (C=O) groups is 1. The van der Waals surface area contributed by atoms with E-state index in [4.69, 9.17) is 0 Å². The van der Waals surface area contributed by atoms with Gasteiger partial charge in [-0.15, -0.1) is 0 Å². The maximum Gasteiger partial charge on any atom is 0.523 e. The third-order valence-electron chi connectivity index (χ3n) is 4.99. The first-order chi connectivity index (χ1) is 15.4. The molecule has 190 valence electrons. The second kappa shape index (κ2) is 9.68. The largest absolute Gasteiger partial charge is 0.523 e. The van der Waals surface area contributed by atoms with E-state index in [1.54, 1.807) is 13.8 Å². The Morgan fingerprint density at radius 2 is 1.74 bits per heavy atom. The van der Waals surface area contributed by atoms with Gasteiger partial charge in [0.05, 0.1) is 13.0 Å². The van der Waals surface area contributed by atoms with Crippen molar-refractivity contribution in [2.75, 3.05) is 7.11 Å². The Labute approximate surface area is 191 Å². The van der Waals surface area contributed by atoms with Crippen LogP contribution in [0.4, 0.5) is 30.7 Å². The summed E-state index contributed by atoms with van der Waals surface area (Å²) in [6.45, 7) is 3.29. The van der Waals surface area contributed by atoms with Crippen LogP contribution in [0.2, 0.25) is 0 Å². The van der Waals surface area contributed by atoms with Crippen LogP contribution in [0, 0.1) is 17.7 Å². The van der Waals surface area contributed by atoms with E-state index in [2.05, 4.69) is 8.92 Å². The number of carbonyl (C=O) groups excluding carboxylic acids is 1. The molecule has 34 heavy (non-hydrogen) atoms. The second-order valence-electron chi connectivity index (χ2n) is 8.06. The minimum atomic E-state index is -6.75. The molecular formula is C21H21F7O5S. The summed E-state index contributed by atoms with van der Waals surface area (Å²) in [6, 6.07) is 4.15. The zero-order valence-electron chi connectivity index (χ0n) is 18.1. The molecule has 0 N–H and O–H groups in total. The quantitative estimate of drug-likeness (QED) is 0.156. The van der Waals surface area contributed by atoms with E-state index in [0.29, 0.717) is 0 Å². The molecule has 1 aliphatic carbocycles. The van der Waals surface area contributed by atoms with Gasteiger partial charge in [-0.2, -0.15) is 34.8 Å². The predicted molar refractivity (Wildman–Crippen MR) is 107 cm³/mol. The van der Waals surface area contributed by atoms with E-state index < -0.39 is 51.5 Å². The Hall–Kier alpha value is -2.41. The van der Waals surface area contributed by atoms with Crippen molar-refractivity contribution in [3.63, 3.8) is 0 Å². The molecule has 0 fully saturated rings. The van der Waals surface area contributed by atoms with E-state index in [9.17, 15) is 43.9 Å². The molecule has 1 aromatic rings. The molecule has 13 heteroatoms. The second-order valence-corrected chi connectivity index (χ2v) is 9.59. The van der Waals surface area contributed by atoms with Crippen LogP contribution in [-0.4, -0.2) is 38.8 Å². The molecule has 0 bridgehead atoms. The average molecular weight is 518 g/mol. The lowest BCUT2D eigenvalue weighted by Gasteiger charge is -2.36. The standard InChI is InChI=1S/C21H21F7O5S/c1-12(2)7-17(18(29)32-3)15-8-14(13-5-4-6-16(22)9-13)10-19(11-15,20(23,24)25)33-34(30,31)21(26,27)28/h4-6,9-12,17H,7-8H2,1-3H3. The van der Waals surface area contributed by atoms with Crippen molar-refractivity contribution >= 4 is 21.7 Å². The topological polar surface area (TPSA) is 69.7 Å². The van der Waals surface area contributed by atoms with Crippen molar-refractivity contribution in [3.05, 3.63) is 53.4 Å².